The van der Waals surface area contributed by atoms with Crippen LogP contribution in [0.15, 0.2) is 170 Å². The molecule has 0 unspecified atom stereocenters. The van der Waals surface area contributed by atoms with Gasteiger partial charge in [-0.05, 0) is 135 Å². The Balaban J connectivity index is 0.00000752. The van der Waals surface area contributed by atoms with Crippen molar-refractivity contribution in [3.05, 3.63) is 211 Å². The zero-order chi connectivity index (χ0) is 59.8. The number of hydrogen-bond donors (Lipinski definition) is 0. The summed E-state index contributed by atoms with van der Waals surface area (Å²) in [5, 5.41) is 7.28. The van der Waals surface area contributed by atoms with E-state index >= 15 is 0 Å². The summed E-state index contributed by atoms with van der Waals surface area (Å²) < 4.78 is 100. The second-order valence-electron chi connectivity index (χ2n) is 21.9. The molecule has 0 amide bonds. The molecule has 3 aromatic heterocycles. The van der Waals surface area contributed by atoms with Crippen molar-refractivity contribution in [2.45, 2.75) is 98.1 Å². The van der Waals surface area contributed by atoms with Crippen molar-refractivity contribution in [3.63, 3.8) is 0 Å². The predicted molar refractivity (Wildman–Crippen MR) is 312 cm³/mol. The Morgan fingerprint density at radius 3 is 1.91 bits per heavy atom. The van der Waals surface area contributed by atoms with Crippen LogP contribution in [0.5, 0.6) is 11.5 Å². The standard InChI is InChI=1S/C69H63N4O.Pt/c1-43(2)51-32-33-61-66-64(51)58-26-15-14-23-54(58)53-22-12-13-24-55(53)59-28-19-27-52(44-36-46(68(6,7)8)38-47(37-44)69(9,10)11)65(59)72(66)42-71(61)48-20-18-21-49(40-48)74-50-30-31-57-56-25-16-17-29-60(56)73(62(57)41-50)63-39-45(34-35-70-63)67(3,4)5;/h12-39,42-43H,1-11H3;/q-3;/i6D3,7D3,8D3,43D;. The van der Waals surface area contributed by atoms with Gasteiger partial charge in [0, 0.05) is 63.7 Å². The Bertz CT molecular complexity index is 4520. The van der Waals surface area contributed by atoms with Crippen LogP contribution in [0.3, 0.4) is 0 Å². The van der Waals surface area contributed by atoms with E-state index in [0.29, 0.717) is 39.4 Å². The topological polar surface area (TPSA) is 35.2 Å². The molecule has 1 aliphatic rings. The molecule has 0 bridgehead atoms. The average Bonchev–Trinajstić information content (AvgIpc) is 1.61. The van der Waals surface area contributed by atoms with Crippen molar-refractivity contribution in [1.82, 2.24) is 14.1 Å². The Kier molecular flexibility index (Phi) is 9.65. The van der Waals surface area contributed by atoms with Gasteiger partial charge in [-0.25, -0.2) is 4.98 Å². The number of nitrogens with zero attached hydrogens (tertiary/aromatic N) is 4. The minimum Gasteiger partial charge on any atom is -0.509 e. The quantitative estimate of drug-likeness (QED) is 0.156. The van der Waals surface area contributed by atoms with E-state index in [9.17, 15) is 1.37 Å². The van der Waals surface area contributed by atoms with Gasteiger partial charge in [-0.15, -0.1) is 35.7 Å². The van der Waals surface area contributed by atoms with Gasteiger partial charge in [0.05, 0.1) is 0 Å². The molecular weight excluding hydrogens is 1100 g/mol. The summed E-state index contributed by atoms with van der Waals surface area (Å²) in [4.78, 5) is 6.91. The Morgan fingerprint density at radius 1 is 0.573 bits per heavy atom. The maximum absolute atomic E-state index is 9.79. The molecule has 6 heteroatoms. The summed E-state index contributed by atoms with van der Waals surface area (Å²) in [6.45, 7) is 7.59. The first-order valence-corrected chi connectivity index (χ1v) is 25.2. The molecule has 0 aliphatic carbocycles. The van der Waals surface area contributed by atoms with E-state index in [1.807, 2.05) is 149 Å². The number of para-hydroxylation sites is 2. The summed E-state index contributed by atoms with van der Waals surface area (Å²) in [7, 11) is 0. The van der Waals surface area contributed by atoms with E-state index in [0.717, 1.165) is 82.3 Å². The van der Waals surface area contributed by atoms with Crippen LogP contribution >= 0.6 is 0 Å². The van der Waals surface area contributed by atoms with Gasteiger partial charge in [0.25, 0.3) is 0 Å². The molecule has 4 heterocycles. The first-order valence-electron chi connectivity index (χ1n) is 30.2. The fourth-order valence-electron chi connectivity index (χ4n) is 10.8. The average molecular weight is 1170 g/mol. The largest absolute Gasteiger partial charge is 0.509 e. The summed E-state index contributed by atoms with van der Waals surface area (Å²) in [6.07, 6.45) is 1.85. The number of benzene rings is 8. The summed E-state index contributed by atoms with van der Waals surface area (Å²) >= 11 is 0. The molecule has 0 saturated heterocycles. The van der Waals surface area contributed by atoms with Gasteiger partial charge in [-0.3, -0.25) is 0 Å². The molecule has 1 aliphatic heterocycles. The maximum Gasteiger partial charge on any atom is 0.135 e. The van der Waals surface area contributed by atoms with Crippen LogP contribution in [-0.2, 0) is 37.3 Å². The molecule has 8 aromatic carbocycles. The number of pyridine rings is 1. The number of ether oxygens (including phenoxy) is 1. The fraction of sp³-hybridized carbons (Fsp3) is 0.217. The smallest absolute Gasteiger partial charge is 0.135 e. The van der Waals surface area contributed by atoms with E-state index in [-0.39, 0.29) is 32.0 Å². The Hall–Kier alpha value is -7.33. The van der Waals surface area contributed by atoms with E-state index in [1.54, 1.807) is 0 Å². The number of rotatable bonds is 6. The molecule has 0 radical (unpaired) electrons. The molecule has 0 atom stereocenters. The van der Waals surface area contributed by atoms with Crippen molar-refractivity contribution >= 4 is 76.5 Å². The molecule has 12 rings (SSSR count). The molecule has 0 spiro atoms. The number of anilines is 2. The van der Waals surface area contributed by atoms with Crippen LogP contribution in [0.25, 0.3) is 82.1 Å². The maximum atomic E-state index is 9.79. The second-order valence-corrected chi connectivity index (χ2v) is 21.9. The van der Waals surface area contributed by atoms with Crippen LogP contribution in [0, 0.1) is 18.8 Å². The monoisotopic (exact) mass is 1170 g/mol. The van der Waals surface area contributed by atoms with Crippen molar-refractivity contribution in [3.8, 4) is 28.4 Å². The van der Waals surface area contributed by atoms with Crippen molar-refractivity contribution in [2.75, 3.05) is 4.90 Å². The number of aromatic nitrogens is 3. The minimum absolute atomic E-state index is 0. The third kappa shape index (κ3) is 8.64. The molecule has 75 heavy (non-hydrogen) atoms. The van der Waals surface area contributed by atoms with E-state index in [1.165, 1.54) is 12.1 Å². The molecule has 0 saturated carbocycles. The van der Waals surface area contributed by atoms with Crippen molar-refractivity contribution < 1.29 is 39.5 Å². The van der Waals surface area contributed by atoms with Gasteiger partial charge in [-0.2, -0.15) is 12.1 Å². The zero-order valence-electron chi connectivity index (χ0n) is 53.3. The minimum atomic E-state index is -3.50. The summed E-state index contributed by atoms with van der Waals surface area (Å²) in [5.41, 5.74) is 3.59. The molecule has 378 valence electrons. The van der Waals surface area contributed by atoms with Crippen LogP contribution in [0.4, 0.5) is 11.4 Å². The third-order valence-electron chi connectivity index (χ3n) is 14.6. The first kappa shape index (κ1) is 39.1. The van der Waals surface area contributed by atoms with Gasteiger partial charge >= 0.3 is 0 Å². The fourth-order valence-corrected chi connectivity index (χ4v) is 10.8. The first-order chi connectivity index (χ1) is 39.5. The van der Waals surface area contributed by atoms with Gasteiger partial charge in [0.2, 0.25) is 0 Å². The Morgan fingerprint density at radius 2 is 1.20 bits per heavy atom. The van der Waals surface area contributed by atoms with Crippen LogP contribution in [-0.4, -0.2) is 14.1 Å². The molecular formula is C69H63N4OPt-3. The van der Waals surface area contributed by atoms with E-state index < -0.39 is 37.3 Å². The van der Waals surface area contributed by atoms with Crippen LogP contribution < -0.4 is 9.64 Å². The predicted octanol–water partition coefficient (Wildman–Crippen LogP) is 18.9. The molecule has 0 N–H and O–H groups in total. The summed E-state index contributed by atoms with van der Waals surface area (Å²) in [6, 6.07) is 60.4. The van der Waals surface area contributed by atoms with E-state index in [4.69, 9.17) is 22.1 Å². The van der Waals surface area contributed by atoms with Crippen molar-refractivity contribution in [2.24, 2.45) is 0 Å². The summed E-state index contributed by atoms with van der Waals surface area (Å²) in [5.74, 6) is 0.537. The SMILES string of the molecule is [2H]C(C)(C)c1ccc2c3c1c1ccccc1c1ccccc1c1cccc(-c4cc(C(C)(C)C)cc(C(C([2H])([2H])[2H])(C([2H])([2H])[2H])C([2H])([2H])[2H])c4)c1n3[CH-]N2c1[c-]c(Oc2[c-]c3c(cc2)c2ccccc2n3-c2cc(C(C)(C)C)ccn2)ccc1.[Pt]. The number of fused-ring (bicyclic) bond motifs is 10. The second kappa shape index (κ2) is 18.5. The number of hydrogen-bond acceptors (Lipinski definition) is 3. The van der Waals surface area contributed by atoms with Gasteiger partial charge in [0.1, 0.15) is 5.82 Å². The zero-order valence-corrected chi connectivity index (χ0v) is 45.5. The Labute approximate surface area is 470 Å². The van der Waals surface area contributed by atoms with Crippen LogP contribution in [0.2, 0.25) is 0 Å². The van der Waals surface area contributed by atoms with Crippen LogP contribution in [0.1, 0.15) is 118 Å². The van der Waals surface area contributed by atoms with E-state index in [2.05, 4.69) is 96.6 Å². The molecule has 11 aromatic rings. The molecule has 0 fully saturated rings. The normalized spacial score (nSPS) is 15.4. The van der Waals surface area contributed by atoms with Gasteiger partial charge < -0.3 is 18.8 Å². The molecule has 5 nitrogen and oxygen atoms in total. The third-order valence-corrected chi connectivity index (χ3v) is 14.6. The van der Waals surface area contributed by atoms with Gasteiger partial charge in [0.15, 0.2) is 0 Å². The van der Waals surface area contributed by atoms with Crippen molar-refractivity contribution in [1.29, 1.82) is 0 Å². The van der Waals surface area contributed by atoms with Gasteiger partial charge in [-0.1, -0.05) is 196 Å².